The van der Waals surface area contributed by atoms with Gasteiger partial charge in [-0.15, -0.1) is 0 Å². The highest BCUT2D eigenvalue weighted by atomic mass is 16.5. The lowest BCUT2D eigenvalue weighted by atomic mass is 9.90. The van der Waals surface area contributed by atoms with Gasteiger partial charge in [-0.05, 0) is 30.9 Å². The molecule has 3 aromatic rings. The van der Waals surface area contributed by atoms with Crippen LogP contribution < -0.4 is 0 Å². The van der Waals surface area contributed by atoms with Crippen LogP contribution in [0.4, 0.5) is 0 Å². The SMILES string of the molecule is Cc1cc(CC(=O)N2CCc3c([nH]c4ccccc34)C2C(C)C)on1. The maximum atomic E-state index is 12.9. The zero-order chi connectivity index (χ0) is 17.6. The summed E-state index contributed by atoms with van der Waals surface area (Å²) in [4.78, 5) is 18.5. The van der Waals surface area contributed by atoms with Crippen molar-refractivity contribution in [2.24, 2.45) is 5.92 Å². The van der Waals surface area contributed by atoms with E-state index in [1.54, 1.807) is 0 Å². The molecular formula is C20H23N3O2. The van der Waals surface area contributed by atoms with E-state index in [2.05, 4.69) is 42.2 Å². The number of benzene rings is 1. The van der Waals surface area contributed by atoms with Crippen LogP contribution in [0, 0.1) is 12.8 Å². The number of amides is 1. The van der Waals surface area contributed by atoms with Crippen LogP contribution in [0.2, 0.25) is 0 Å². The van der Waals surface area contributed by atoms with Crippen LogP contribution in [0.15, 0.2) is 34.9 Å². The second kappa shape index (κ2) is 6.06. The van der Waals surface area contributed by atoms with Crippen molar-refractivity contribution in [2.45, 2.75) is 39.7 Å². The Morgan fingerprint density at radius 3 is 2.92 bits per heavy atom. The molecular weight excluding hydrogens is 314 g/mol. The highest BCUT2D eigenvalue weighted by Crippen LogP contribution is 2.38. The second-order valence-corrected chi connectivity index (χ2v) is 7.20. The fraction of sp³-hybridized carbons (Fsp3) is 0.400. The number of para-hydroxylation sites is 1. The summed E-state index contributed by atoms with van der Waals surface area (Å²) >= 11 is 0. The average Bonchev–Trinajstić information content (AvgIpc) is 3.16. The molecule has 4 rings (SSSR count). The summed E-state index contributed by atoms with van der Waals surface area (Å²) in [6.07, 6.45) is 1.14. The maximum Gasteiger partial charge on any atom is 0.230 e. The highest BCUT2D eigenvalue weighted by Gasteiger charge is 2.35. The minimum Gasteiger partial charge on any atom is -0.361 e. The van der Waals surface area contributed by atoms with E-state index in [9.17, 15) is 4.79 Å². The van der Waals surface area contributed by atoms with Crippen LogP contribution >= 0.6 is 0 Å². The summed E-state index contributed by atoms with van der Waals surface area (Å²) in [6, 6.07) is 10.3. The number of nitrogens with one attached hydrogen (secondary N) is 1. The van der Waals surface area contributed by atoms with Crippen LogP contribution in [-0.2, 0) is 17.6 Å². The van der Waals surface area contributed by atoms with Crippen molar-refractivity contribution in [1.29, 1.82) is 0 Å². The fourth-order valence-electron chi connectivity index (χ4n) is 3.99. The average molecular weight is 337 g/mol. The van der Waals surface area contributed by atoms with Gasteiger partial charge in [-0.3, -0.25) is 4.79 Å². The molecule has 1 N–H and O–H groups in total. The normalized spacial score (nSPS) is 17.3. The lowest BCUT2D eigenvalue weighted by Gasteiger charge is -2.38. The Kier molecular flexibility index (Phi) is 3.86. The summed E-state index contributed by atoms with van der Waals surface area (Å²) in [6.45, 7) is 6.95. The number of H-pyrrole nitrogens is 1. The van der Waals surface area contributed by atoms with Crippen molar-refractivity contribution >= 4 is 16.8 Å². The number of carbonyl (C=O) groups excluding carboxylic acids is 1. The van der Waals surface area contributed by atoms with Crippen molar-refractivity contribution in [3.8, 4) is 0 Å². The van der Waals surface area contributed by atoms with Gasteiger partial charge in [0.2, 0.25) is 5.91 Å². The smallest absolute Gasteiger partial charge is 0.230 e. The third-order valence-electron chi connectivity index (χ3n) is 5.03. The Hall–Kier alpha value is -2.56. The number of nitrogens with zero attached hydrogens (tertiary/aromatic N) is 2. The number of carbonyl (C=O) groups is 1. The monoisotopic (exact) mass is 337 g/mol. The number of rotatable bonds is 3. The summed E-state index contributed by atoms with van der Waals surface area (Å²) in [5, 5.41) is 5.16. The summed E-state index contributed by atoms with van der Waals surface area (Å²) in [5.41, 5.74) is 4.50. The van der Waals surface area contributed by atoms with Crippen LogP contribution in [0.1, 0.15) is 42.6 Å². The number of hydrogen-bond acceptors (Lipinski definition) is 3. The molecule has 1 aliphatic rings. The molecule has 1 aliphatic heterocycles. The van der Waals surface area contributed by atoms with Crippen LogP contribution in [0.25, 0.3) is 10.9 Å². The number of hydrogen-bond donors (Lipinski definition) is 1. The predicted octanol–water partition coefficient (Wildman–Crippen LogP) is 3.79. The largest absolute Gasteiger partial charge is 0.361 e. The van der Waals surface area contributed by atoms with E-state index >= 15 is 0 Å². The molecule has 1 atom stereocenters. The lowest BCUT2D eigenvalue weighted by molar-refractivity contribution is -0.134. The molecule has 25 heavy (non-hydrogen) atoms. The zero-order valence-electron chi connectivity index (χ0n) is 14.9. The molecule has 5 nitrogen and oxygen atoms in total. The van der Waals surface area contributed by atoms with E-state index in [0.29, 0.717) is 11.7 Å². The Labute approximate surface area is 147 Å². The Bertz CT molecular complexity index is 922. The highest BCUT2D eigenvalue weighted by molar-refractivity contribution is 5.86. The molecule has 3 heterocycles. The molecule has 1 aromatic carbocycles. The van der Waals surface area contributed by atoms with Gasteiger partial charge in [0.05, 0.1) is 18.2 Å². The molecule has 0 radical (unpaired) electrons. The number of fused-ring (bicyclic) bond motifs is 3. The molecule has 0 aliphatic carbocycles. The van der Waals surface area contributed by atoms with Crippen molar-refractivity contribution in [1.82, 2.24) is 15.0 Å². The van der Waals surface area contributed by atoms with Crippen molar-refractivity contribution < 1.29 is 9.32 Å². The van der Waals surface area contributed by atoms with E-state index in [0.717, 1.165) is 24.2 Å². The predicted molar refractivity (Wildman–Crippen MR) is 96.2 cm³/mol. The van der Waals surface area contributed by atoms with Crippen molar-refractivity contribution in [3.05, 3.63) is 53.0 Å². The van der Waals surface area contributed by atoms with Gasteiger partial charge in [0.1, 0.15) is 5.76 Å². The van der Waals surface area contributed by atoms with E-state index < -0.39 is 0 Å². The third kappa shape index (κ3) is 2.73. The number of aromatic nitrogens is 2. The van der Waals surface area contributed by atoms with E-state index in [1.807, 2.05) is 24.0 Å². The van der Waals surface area contributed by atoms with Gasteiger partial charge in [0.15, 0.2) is 0 Å². The minimum atomic E-state index is 0.0627. The summed E-state index contributed by atoms with van der Waals surface area (Å²) in [5.74, 6) is 1.05. The van der Waals surface area contributed by atoms with Crippen LogP contribution in [0.5, 0.6) is 0 Å². The van der Waals surface area contributed by atoms with Gasteiger partial charge in [0, 0.05) is 29.2 Å². The van der Waals surface area contributed by atoms with Gasteiger partial charge in [-0.1, -0.05) is 37.2 Å². The molecule has 0 saturated heterocycles. The lowest BCUT2D eigenvalue weighted by Crippen LogP contribution is -2.43. The number of aryl methyl sites for hydroxylation is 1. The summed E-state index contributed by atoms with van der Waals surface area (Å²) < 4.78 is 5.23. The number of aromatic amines is 1. The van der Waals surface area contributed by atoms with E-state index in [-0.39, 0.29) is 18.4 Å². The topological polar surface area (TPSA) is 62.1 Å². The molecule has 0 saturated carbocycles. The van der Waals surface area contributed by atoms with E-state index in [1.165, 1.54) is 16.6 Å². The van der Waals surface area contributed by atoms with Gasteiger partial charge in [0.25, 0.3) is 0 Å². The first-order valence-corrected chi connectivity index (χ1v) is 8.85. The first-order valence-electron chi connectivity index (χ1n) is 8.85. The Morgan fingerprint density at radius 1 is 1.40 bits per heavy atom. The molecule has 2 aromatic heterocycles. The fourth-order valence-corrected chi connectivity index (χ4v) is 3.99. The van der Waals surface area contributed by atoms with Gasteiger partial charge in [-0.25, -0.2) is 0 Å². The molecule has 1 unspecified atom stereocenters. The van der Waals surface area contributed by atoms with Crippen LogP contribution in [-0.4, -0.2) is 27.5 Å². The molecule has 0 fully saturated rings. The van der Waals surface area contributed by atoms with Crippen LogP contribution in [0.3, 0.4) is 0 Å². The van der Waals surface area contributed by atoms with E-state index in [4.69, 9.17) is 4.52 Å². The first kappa shape index (κ1) is 15.9. The quantitative estimate of drug-likeness (QED) is 0.791. The molecule has 0 spiro atoms. The van der Waals surface area contributed by atoms with Gasteiger partial charge in [-0.2, -0.15) is 0 Å². The Morgan fingerprint density at radius 2 is 2.20 bits per heavy atom. The summed E-state index contributed by atoms with van der Waals surface area (Å²) in [7, 11) is 0. The standard InChI is InChI=1S/C20H23N3O2/c1-12(2)20-19-16(15-6-4-5-7-17(15)21-19)8-9-23(20)18(24)11-14-10-13(3)22-25-14/h4-7,10,12,20-21H,8-9,11H2,1-3H3. The van der Waals surface area contributed by atoms with Gasteiger partial charge >= 0.3 is 0 Å². The maximum absolute atomic E-state index is 12.9. The molecule has 1 amide bonds. The Balaban J connectivity index is 1.68. The zero-order valence-corrected chi connectivity index (χ0v) is 14.9. The van der Waals surface area contributed by atoms with Crippen molar-refractivity contribution in [2.75, 3.05) is 6.54 Å². The molecule has 0 bridgehead atoms. The minimum absolute atomic E-state index is 0.0627. The van der Waals surface area contributed by atoms with Crippen molar-refractivity contribution in [3.63, 3.8) is 0 Å². The first-order chi connectivity index (χ1) is 12.0. The third-order valence-corrected chi connectivity index (χ3v) is 5.03. The molecule has 130 valence electrons. The molecule has 5 heteroatoms. The second-order valence-electron chi connectivity index (χ2n) is 7.20. The van der Waals surface area contributed by atoms with Gasteiger partial charge < -0.3 is 14.4 Å².